The van der Waals surface area contributed by atoms with Gasteiger partial charge in [-0.2, -0.15) is 0 Å². The number of nitrogens with zero attached hydrogens (tertiary/aromatic N) is 4. The molecule has 1 atom stereocenters. The van der Waals surface area contributed by atoms with Gasteiger partial charge in [0.2, 0.25) is 11.9 Å². The van der Waals surface area contributed by atoms with E-state index >= 15 is 0 Å². The van der Waals surface area contributed by atoms with E-state index in [1.54, 1.807) is 6.92 Å². The average molecular weight is 324 g/mol. The zero-order chi connectivity index (χ0) is 17.1. The second-order valence-electron chi connectivity index (χ2n) is 6.53. The summed E-state index contributed by atoms with van der Waals surface area (Å²) in [6.07, 6.45) is 3.98. The summed E-state index contributed by atoms with van der Waals surface area (Å²) in [6.45, 7) is 3.23. The molecule has 2 heterocycles. The molecule has 5 nitrogen and oxygen atoms in total. The molecule has 0 unspecified atom stereocenters. The zero-order valence-electron chi connectivity index (χ0n) is 14.6. The molecule has 0 N–H and O–H groups in total. The number of piperidine rings is 1. The first-order valence-corrected chi connectivity index (χ1v) is 8.41. The molecule has 126 valence electrons. The van der Waals surface area contributed by atoms with Gasteiger partial charge >= 0.3 is 0 Å². The van der Waals surface area contributed by atoms with Crippen LogP contribution in [0.1, 0.15) is 31.4 Å². The van der Waals surface area contributed by atoms with Crippen LogP contribution in [-0.2, 0) is 4.79 Å². The molecule has 1 aliphatic rings. The van der Waals surface area contributed by atoms with Crippen LogP contribution in [0, 0.1) is 0 Å². The third-order valence-electron chi connectivity index (χ3n) is 4.54. The molecular formula is C19H24N4O. The Morgan fingerprint density at radius 3 is 2.67 bits per heavy atom. The monoisotopic (exact) mass is 324 g/mol. The first-order valence-electron chi connectivity index (χ1n) is 8.41. The summed E-state index contributed by atoms with van der Waals surface area (Å²) in [5.74, 6) is 1.10. The van der Waals surface area contributed by atoms with Gasteiger partial charge in [-0.05, 0) is 18.4 Å². The molecule has 0 bridgehead atoms. The van der Waals surface area contributed by atoms with Gasteiger partial charge in [-0.25, -0.2) is 9.97 Å². The maximum absolute atomic E-state index is 11.8. The largest absolute Gasteiger partial charge is 0.347 e. The van der Waals surface area contributed by atoms with Gasteiger partial charge in [-0.3, -0.25) is 4.79 Å². The minimum atomic E-state index is 0.142. The van der Waals surface area contributed by atoms with Crippen molar-refractivity contribution in [2.75, 3.05) is 32.1 Å². The fourth-order valence-electron chi connectivity index (χ4n) is 3.24. The molecule has 2 aromatic rings. The highest BCUT2D eigenvalue weighted by Crippen LogP contribution is 2.33. The van der Waals surface area contributed by atoms with E-state index in [0.717, 1.165) is 42.8 Å². The van der Waals surface area contributed by atoms with Gasteiger partial charge in [-0.1, -0.05) is 30.3 Å². The Hall–Kier alpha value is -2.43. The van der Waals surface area contributed by atoms with Crippen molar-refractivity contribution in [3.8, 4) is 11.1 Å². The van der Waals surface area contributed by atoms with E-state index in [9.17, 15) is 4.79 Å². The second-order valence-corrected chi connectivity index (χ2v) is 6.53. The maximum Gasteiger partial charge on any atom is 0.225 e. The summed E-state index contributed by atoms with van der Waals surface area (Å²) in [6, 6.07) is 10.2. The van der Waals surface area contributed by atoms with Crippen molar-refractivity contribution in [3.63, 3.8) is 0 Å². The molecule has 0 spiro atoms. The van der Waals surface area contributed by atoms with Crippen molar-refractivity contribution < 1.29 is 4.79 Å². The second kappa shape index (κ2) is 6.99. The number of hydrogen-bond acceptors (Lipinski definition) is 4. The number of anilines is 1. The molecule has 1 aromatic carbocycles. The summed E-state index contributed by atoms with van der Waals surface area (Å²) < 4.78 is 0. The van der Waals surface area contributed by atoms with Crippen molar-refractivity contribution in [2.24, 2.45) is 0 Å². The maximum atomic E-state index is 11.8. The predicted molar refractivity (Wildman–Crippen MR) is 96.0 cm³/mol. The van der Waals surface area contributed by atoms with Crippen LogP contribution in [0.3, 0.4) is 0 Å². The topological polar surface area (TPSA) is 49.3 Å². The molecule has 1 fully saturated rings. The van der Waals surface area contributed by atoms with Crippen LogP contribution in [0.25, 0.3) is 11.1 Å². The van der Waals surface area contributed by atoms with E-state index in [4.69, 9.17) is 4.98 Å². The fourth-order valence-corrected chi connectivity index (χ4v) is 3.24. The molecule has 1 saturated heterocycles. The third-order valence-corrected chi connectivity index (χ3v) is 4.54. The zero-order valence-corrected chi connectivity index (χ0v) is 14.6. The summed E-state index contributed by atoms with van der Waals surface area (Å²) in [5, 5.41) is 0. The Labute approximate surface area is 143 Å². The number of benzene rings is 1. The molecule has 1 aromatic heterocycles. The number of hydrogen-bond donors (Lipinski definition) is 0. The highest BCUT2D eigenvalue weighted by molar-refractivity contribution is 5.73. The van der Waals surface area contributed by atoms with Gasteiger partial charge in [0.05, 0.1) is 5.69 Å². The fraction of sp³-hybridized carbons (Fsp3) is 0.421. The Morgan fingerprint density at radius 2 is 2.00 bits per heavy atom. The number of rotatable bonds is 3. The molecule has 0 saturated carbocycles. The Bertz CT molecular complexity index is 715. The highest BCUT2D eigenvalue weighted by Gasteiger charge is 2.27. The van der Waals surface area contributed by atoms with E-state index < -0.39 is 0 Å². The Morgan fingerprint density at radius 1 is 1.25 bits per heavy atom. The molecule has 24 heavy (non-hydrogen) atoms. The normalized spacial score (nSPS) is 17.6. The molecule has 0 radical (unpaired) electrons. The lowest BCUT2D eigenvalue weighted by Crippen LogP contribution is -2.38. The van der Waals surface area contributed by atoms with Crippen molar-refractivity contribution >= 4 is 11.9 Å². The number of amides is 1. The average Bonchev–Trinajstić information content (AvgIpc) is 2.62. The lowest BCUT2D eigenvalue weighted by Gasteiger charge is -2.32. The molecule has 3 rings (SSSR count). The van der Waals surface area contributed by atoms with E-state index in [1.807, 2.05) is 48.3 Å². The number of aromatic nitrogens is 2. The first kappa shape index (κ1) is 16.4. The van der Waals surface area contributed by atoms with Gasteiger partial charge in [-0.15, -0.1) is 0 Å². The highest BCUT2D eigenvalue weighted by atomic mass is 16.2. The third kappa shape index (κ3) is 3.40. The summed E-state index contributed by atoms with van der Waals surface area (Å²) in [7, 11) is 3.90. The minimum Gasteiger partial charge on any atom is -0.347 e. The lowest BCUT2D eigenvalue weighted by atomic mass is 9.90. The summed E-state index contributed by atoms with van der Waals surface area (Å²) in [5.41, 5.74) is 3.24. The van der Waals surface area contributed by atoms with Crippen LogP contribution >= 0.6 is 0 Å². The van der Waals surface area contributed by atoms with Gasteiger partial charge in [0.15, 0.2) is 0 Å². The van der Waals surface area contributed by atoms with Crippen LogP contribution in [0.2, 0.25) is 0 Å². The van der Waals surface area contributed by atoms with Crippen LogP contribution in [0.4, 0.5) is 5.95 Å². The predicted octanol–water partition coefficient (Wildman–Crippen LogP) is 2.94. The smallest absolute Gasteiger partial charge is 0.225 e. The van der Waals surface area contributed by atoms with E-state index in [0.29, 0.717) is 5.95 Å². The first-order chi connectivity index (χ1) is 11.6. The lowest BCUT2D eigenvalue weighted by molar-refractivity contribution is -0.130. The number of likely N-dealkylation sites (tertiary alicyclic amines) is 1. The number of carbonyl (C=O) groups is 1. The van der Waals surface area contributed by atoms with Crippen molar-refractivity contribution in [3.05, 3.63) is 42.2 Å². The molecule has 0 aliphatic carbocycles. The number of carbonyl (C=O) groups excluding carboxylic acids is 1. The van der Waals surface area contributed by atoms with Gasteiger partial charge < -0.3 is 9.80 Å². The quantitative estimate of drug-likeness (QED) is 0.871. The minimum absolute atomic E-state index is 0.142. The van der Waals surface area contributed by atoms with Crippen molar-refractivity contribution in [1.82, 2.24) is 14.9 Å². The van der Waals surface area contributed by atoms with Crippen molar-refractivity contribution in [2.45, 2.75) is 25.7 Å². The SMILES string of the molecule is CC(=O)N1CCC[C@H](c2nc(N(C)C)ncc2-c2ccccc2)C1. The van der Waals surface area contributed by atoms with Crippen molar-refractivity contribution in [1.29, 1.82) is 0 Å². The van der Waals surface area contributed by atoms with E-state index in [-0.39, 0.29) is 11.8 Å². The van der Waals surface area contributed by atoms with E-state index in [1.165, 1.54) is 0 Å². The van der Waals surface area contributed by atoms with Crippen LogP contribution in [0.5, 0.6) is 0 Å². The van der Waals surface area contributed by atoms with E-state index in [2.05, 4.69) is 17.1 Å². The Kier molecular flexibility index (Phi) is 4.79. The van der Waals surface area contributed by atoms with Gasteiger partial charge in [0.1, 0.15) is 0 Å². The molecule has 5 heteroatoms. The van der Waals surface area contributed by atoms with Gasteiger partial charge in [0, 0.05) is 51.8 Å². The summed E-state index contributed by atoms with van der Waals surface area (Å²) in [4.78, 5) is 25.0. The summed E-state index contributed by atoms with van der Waals surface area (Å²) >= 11 is 0. The molecule has 1 aliphatic heterocycles. The van der Waals surface area contributed by atoms with Gasteiger partial charge in [0.25, 0.3) is 0 Å². The Balaban J connectivity index is 2.03. The van der Waals surface area contributed by atoms with Crippen LogP contribution in [0.15, 0.2) is 36.5 Å². The van der Waals surface area contributed by atoms with Crippen LogP contribution < -0.4 is 4.90 Å². The molecule has 1 amide bonds. The van der Waals surface area contributed by atoms with Crippen LogP contribution in [-0.4, -0.2) is 48.0 Å². The molecular weight excluding hydrogens is 300 g/mol. The standard InChI is InChI=1S/C19H24N4O/c1-14(24)23-11-7-10-16(13-23)18-17(15-8-5-4-6-9-15)12-20-19(21-18)22(2)3/h4-6,8-9,12,16H,7,10-11,13H2,1-3H3/t16-/m0/s1.